The number of hydrogen-bond donors (Lipinski definition) is 2. The van der Waals surface area contributed by atoms with Crippen molar-refractivity contribution in [2.75, 3.05) is 5.32 Å². The van der Waals surface area contributed by atoms with E-state index in [0.717, 1.165) is 18.5 Å². The highest BCUT2D eigenvalue weighted by atomic mass is 35.5. The molecule has 4 rings (SSSR count). The predicted molar refractivity (Wildman–Crippen MR) is 112 cm³/mol. The molecule has 0 unspecified atom stereocenters. The molecular weight excluding hydrogens is 391 g/mol. The second-order valence-corrected chi connectivity index (χ2v) is 8.19. The molecule has 29 heavy (non-hydrogen) atoms. The van der Waals surface area contributed by atoms with Crippen molar-refractivity contribution in [1.29, 1.82) is 0 Å². The number of halogens is 2. The minimum atomic E-state index is -1.03. The minimum absolute atomic E-state index is 0.0424. The zero-order chi connectivity index (χ0) is 20.4. The maximum Gasteiger partial charge on any atom is 0.224 e. The number of hydrogen-bond acceptors (Lipinski definition) is 3. The van der Waals surface area contributed by atoms with Crippen molar-refractivity contribution in [3.8, 4) is 0 Å². The lowest BCUT2D eigenvalue weighted by Crippen LogP contribution is -2.33. The number of nitrogens with one attached hydrogen (secondary N) is 1. The van der Waals surface area contributed by atoms with Crippen LogP contribution in [0.4, 0.5) is 10.1 Å². The summed E-state index contributed by atoms with van der Waals surface area (Å²) >= 11 is 5.87. The Morgan fingerprint density at radius 3 is 2.62 bits per heavy atom. The molecule has 1 aliphatic rings. The molecule has 1 aromatic heterocycles. The summed E-state index contributed by atoms with van der Waals surface area (Å²) in [5, 5.41) is 15.4. The number of amides is 1. The van der Waals surface area contributed by atoms with Gasteiger partial charge in [0.15, 0.2) is 0 Å². The fourth-order valence-corrected chi connectivity index (χ4v) is 4.29. The monoisotopic (exact) mass is 412 g/mol. The SMILES string of the molecule is O=C(CC1CCC(O)(c2ccnc3ccc(F)cc23)CC1)Nc1ccc(Cl)cc1. The van der Waals surface area contributed by atoms with E-state index in [1.165, 1.54) is 12.1 Å². The molecule has 0 atom stereocenters. The molecule has 3 aromatic rings. The second kappa shape index (κ2) is 8.09. The summed E-state index contributed by atoms with van der Waals surface area (Å²) in [6, 6.07) is 13.2. The predicted octanol–water partition coefficient (Wildman–Crippen LogP) is 5.43. The van der Waals surface area contributed by atoms with E-state index >= 15 is 0 Å². The summed E-state index contributed by atoms with van der Waals surface area (Å²) in [4.78, 5) is 16.6. The Labute approximate surface area is 173 Å². The number of carbonyl (C=O) groups is 1. The molecule has 150 valence electrons. The summed E-state index contributed by atoms with van der Waals surface area (Å²) in [7, 11) is 0. The van der Waals surface area contributed by atoms with Gasteiger partial charge in [-0.1, -0.05) is 11.6 Å². The van der Waals surface area contributed by atoms with Crippen molar-refractivity contribution < 1.29 is 14.3 Å². The van der Waals surface area contributed by atoms with Gasteiger partial charge in [-0.05, 0) is 85.7 Å². The fourth-order valence-electron chi connectivity index (χ4n) is 4.16. The number of carbonyl (C=O) groups excluding carboxylic acids is 1. The van der Waals surface area contributed by atoms with E-state index in [0.29, 0.717) is 40.8 Å². The summed E-state index contributed by atoms with van der Waals surface area (Å²) in [5.41, 5.74) is 1.07. The Morgan fingerprint density at radius 2 is 1.90 bits per heavy atom. The smallest absolute Gasteiger partial charge is 0.224 e. The summed E-state index contributed by atoms with van der Waals surface area (Å²) < 4.78 is 13.8. The molecule has 1 saturated carbocycles. The zero-order valence-corrected chi connectivity index (χ0v) is 16.6. The van der Waals surface area contributed by atoms with E-state index in [-0.39, 0.29) is 17.6 Å². The largest absolute Gasteiger partial charge is 0.385 e. The molecule has 1 heterocycles. The normalized spacial score (nSPS) is 21.8. The first-order chi connectivity index (χ1) is 13.9. The highest BCUT2D eigenvalue weighted by Crippen LogP contribution is 2.42. The number of anilines is 1. The lowest BCUT2D eigenvalue weighted by atomic mass is 9.73. The number of nitrogens with zero attached hydrogens (tertiary/aromatic N) is 1. The molecule has 0 spiro atoms. The van der Waals surface area contributed by atoms with Crippen molar-refractivity contribution in [2.24, 2.45) is 5.92 Å². The first kappa shape index (κ1) is 19.8. The number of benzene rings is 2. The van der Waals surface area contributed by atoms with Gasteiger partial charge in [0.1, 0.15) is 5.82 Å². The number of rotatable bonds is 4. The standard InChI is InChI=1S/C23H22ClFN2O2/c24-16-1-4-18(5-2-16)27-22(28)13-15-7-10-23(29,11-8-15)20-9-12-26-21-6-3-17(25)14-19(20)21/h1-6,9,12,14-15,29H,7-8,10-11,13H2,(H,27,28). The first-order valence-corrected chi connectivity index (χ1v) is 10.1. The molecule has 1 amide bonds. The number of aliphatic hydroxyl groups is 1. The van der Waals surface area contributed by atoms with E-state index in [4.69, 9.17) is 11.6 Å². The Bertz CT molecular complexity index is 1030. The van der Waals surface area contributed by atoms with Gasteiger partial charge in [-0.2, -0.15) is 0 Å². The maximum atomic E-state index is 13.8. The van der Waals surface area contributed by atoms with Crippen molar-refractivity contribution in [1.82, 2.24) is 4.98 Å². The molecule has 0 saturated heterocycles. The van der Waals surface area contributed by atoms with Crippen LogP contribution in [0.3, 0.4) is 0 Å². The summed E-state index contributed by atoms with van der Waals surface area (Å²) in [6.07, 6.45) is 4.57. The van der Waals surface area contributed by atoms with Crippen molar-refractivity contribution in [3.05, 3.63) is 71.1 Å². The molecule has 2 N–H and O–H groups in total. The first-order valence-electron chi connectivity index (χ1n) is 9.75. The Morgan fingerprint density at radius 1 is 1.17 bits per heavy atom. The van der Waals surface area contributed by atoms with Crippen LogP contribution in [-0.4, -0.2) is 16.0 Å². The molecular formula is C23H22ClFN2O2. The summed E-state index contributed by atoms with van der Waals surface area (Å²) in [6.45, 7) is 0. The van der Waals surface area contributed by atoms with Crippen LogP contribution in [0.15, 0.2) is 54.7 Å². The summed E-state index contributed by atoms with van der Waals surface area (Å²) in [5.74, 6) is -0.186. The van der Waals surface area contributed by atoms with Crippen LogP contribution in [0.1, 0.15) is 37.7 Å². The zero-order valence-electron chi connectivity index (χ0n) is 15.9. The van der Waals surface area contributed by atoms with Gasteiger partial charge in [-0.25, -0.2) is 4.39 Å². The molecule has 2 aromatic carbocycles. The van der Waals surface area contributed by atoms with Crippen molar-refractivity contribution >= 4 is 34.1 Å². The minimum Gasteiger partial charge on any atom is -0.385 e. The molecule has 0 bridgehead atoms. The van der Waals surface area contributed by atoms with Crippen LogP contribution < -0.4 is 5.32 Å². The fraction of sp³-hybridized carbons (Fsp3) is 0.304. The van der Waals surface area contributed by atoms with Crippen LogP contribution in [0.25, 0.3) is 10.9 Å². The third-order valence-electron chi connectivity index (χ3n) is 5.74. The van der Waals surface area contributed by atoms with Crippen molar-refractivity contribution in [3.63, 3.8) is 0 Å². The van der Waals surface area contributed by atoms with Gasteiger partial charge in [0.05, 0.1) is 11.1 Å². The molecule has 0 aliphatic heterocycles. The number of aromatic nitrogens is 1. The third-order valence-corrected chi connectivity index (χ3v) is 5.99. The third kappa shape index (κ3) is 4.41. The average molecular weight is 413 g/mol. The lowest BCUT2D eigenvalue weighted by Gasteiger charge is -2.37. The van der Waals surface area contributed by atoms with E-state index in [9.17, 15) is 14.3 Å². The topological polar surface area (TPSA) is 62.2 Å². The molecule has 1 aliphatic carbocycles. The van der Waals surface area contributed by atoms with E-state index in [1.807, 2.05) is 0 Å². The Hall–Kier alpha value is -2.50. The van der Waals surface area contributed by atoms with Gasteiger partial charge in [-0.15, -0.1) is 0 Å². The van der Waals surface area contributed by atoms with Gasteiger partial charge >= 0.3 is 0 Å². The van der Waals surface area contributed by atoms with Gasteiger partial charge in [0, 0.05) is 28.7 Å². The molecule has 6 heteroatoms. The highest BCUT2D eigenvalue weighted by Gasteiger charge is 2.36. The Balaban J connectivity index is 1.42. The second-order valence-electron chi connectivity index (χ2n) is 7.75. The maximum absolute atomic E-state index is 13.8. The lowest BCUT2D eigenvalue weighted by molar-refractivity contribution is -0.118. The molecule has 4 nitrogen and oxygen atoms in total. The van der Waals surface area contributed by atoms with E-state index < -0.39 is 5.60 Å². The van der Waals surface area contributed by atoms with Crippen LogP contribution in [0, 0.1) is 11.7 Å². The van der Waals surface area contributed by atoms with Crippen LogP contribution in [0.5, 0.6) is 0 Å². The number of pyridine rings is 1. The van der Waals surface area contributed by atoms with Gasteiger partial charge in [0.25, 0.3) is 0 Å². The van der Waals surface area contributed by atoms with E-state index in [2.05, 4.69) is 10.3 Å². The van der Waals surface area contributed by atoms with Crippen molar-refractivity contribution in [2.45, 2.75) is 37.7 Å². The molecule has 0 radical (unpaired) electrons. The van der Waals surface area contributed by atoms with Gasteiger partial charge in [0.2, 0.25) is 5.91 Å². The van der Waals surface area contributed by atoms with Crippen LogP contribution in [0.2, 0.25) is 5.02 Å². The van der Waals surface area contributed by atoms with E-state index in [1.54, 1.807) is 42.6 Å². The Kier molecular flexibility index (Phi) is 5.52. The molecule has 1 fully saturated rings. The van der Waals surface area contributed by atoms with Gasteiger partial charge < -0.3 is 10.4 Å². The quantitative estimate of drug-likeness (QED) is 0.600. The number of fused-ring (bicyclic) bond motifs is 1. The highest BCUT2D eigenvalue weighted by molar-refractivity contribution is 6.30. The van der Waals surface area contributed by atoms with Crippen LogP contribution >= 0.6 is 11.6 Å². The van der Waals surface area contributed by atoms with Gasteiger partial charge in [-0.3, -0.25) is 9.78 Å². The van der Waals surface area contributed by atoms with Crippen LogP contribution in [-0.2, 0) is 10.4 Å². The average Bonchev–Trinajstić information content (AvgIpc) is 2.71.